The van der Waals surface area contributed by atoms with Gasteiger partial charge in [0.25, 0.3) is 11.7 Å². The number of carbonyl (C=O) groups excluding carboxylic acids is 2. The number of halogens is 2. The van der Waals surface area contributed by atoms with E-state index >= 15 is 0 Å². The Labute approximate surface area is 188 Å². The predicted molar refractivity (Wildman–Crippen MR) is 118 cm³/mol. The van der Waals surface area contributed by atoms with Crippen molar-refractivity contribution in [1.82, 2.24) is 4.98 Å². The molecule has 1 amide bonds. The van der Waals surface area contributed by atoms with Crippen molar-refractivity contribution in [3.05, 3.63) is 95.3 Å². The maximum absolute atomic E-state index is 14.7. The zero-order chi connectivity index (χ0) is 23.5. The average molecular weight is 450 g/mol. The number of ether oxygens (including phenoxy) is 1. The smallest absolute Gasteiger partial charge is 0.300 e. The van der Waals surface area contributed by atoms with Crippen LogP contribution in [0.5, 0.6) is 5.75 Å². The number of ketones is 1. The van der Waals surface area contributed by atoms with Crippen molar-refractivity contribution in [2.45, 2.75) is 19.4 Å². The lowest BCUT2D eigenvalue weighted by Gasteiger charge is -2.25. The third kappa shape index (κ3) is 4.19. The Balaban J connectivity index is 1.90. The molecule has 0 spiro atoms. The lowest BCUT2D eigenvalue weighted by Crippen LogP contribution is -2.30. The fourth-order valence-corrected chi connectivity index (χ4v) is 3.73. The molecule has 3 aromatic rings. The van der Waals surface area contributed by atoms with Crippen molar-refractivity contribution in [3.8, 4) is 5.75 Å². The molecule has 0 saturated carbocycles. The number of hydrogen-bond donors (Lipinski definition) is 1. The molecule has 1 unspecified atom stereocenters. The van der Waals surface area contributed by atoms with E-state index in [0.717, 1.165) is 23.5 Å². The summed E-state index contributed by atoms with van der Waals surface area (Å²) in [5, 5.41) is 11.1. The maximum atomic E-state index is 14.7. The van der Waals surface area contributed by atoms with E-state index in [0.29, 0.717) is 24.0 Å². The second-order valence-corrected chi connectivity index (χ2v) is 7.42. The van der Waals surface area contributed by atoms with Gasteiger partial charge >= 0.3 is 0 Å². The van der Waals surface area contributed by atoms with Gasteiger partial charge in [-0.05, 0) is 48.4 Å². The van der Waals surface area contributed by atoms with Gasteiger partial charge in [0.2, 0.25) is 0 Å². The number of carbonyl (C=O) groups is 2. The molecular formula is C25H20F2N2O4. The van der Waals surface area contributed by atoms with Gasteiger partial charge < -0.3 is 9.84 Å². The highest BCUT2D eigenvalue weighted by molar-refractivity contribution is 6.51. The molecule has 1 saturated heterocycles. The molecule has 1 N–H and O–H groups in total. The summed E-state index contributed by atoms with van der Waals surface area (Å²) in [6.07, 6.45) is 3.69. The standard InChI is InChI=1S/C25H20F2N2O4/c1-2-12-33-18-5-3-4-16(13-18)23(30)21-22(15-8-10-28-11-9-15)29(25(32)24(21)31)20-7-6-17(26)14-19(20)27/h3-11,13-14,22,30H,2,12H2,1H3/b23-21+. The number of Topliss-reactive ketones (excluding diaryl/α,β-unsaturated/α-hetero) is 1. The summed E-state index contributed by atoms with van der Waals surface area (Å²) in [7, 11) is 0. The average Bonchev–Trinajstić information content (AvgIpc) is 3.08. The molecule has 1 atom stereocenters. The minimum atomic E-state index is -1.15. The first kappa shape index (κ1) is 22.1. The van der Waals surface area contributed by atoms with Crippen molar-refractivity contribution in [3.63, 3.8) is 0 Å². The molecular weight excluding hydrogens is 430 g/mol. The van der Waals surface area contributed by atoms with Crippen LogP contribution in [0.3, 0.4) is 0 Å². The minimum Gasteiger partial charge on any atom is -0.507 e. The third-order valence-electron chi connectivity index (χ3n) is 5.22. The summed E-state index contributed by atoms with van der Waals surface area (Å²) in [6.45, 7) is 2.42. The second-order valence-electron chi connectivity index (χ2n) is 7.42. The summed E-state index contributed by atoms with van der Waals surface area (Å²) in [5.74, 6) is -3.80. The zero-order valence-electron chi connectivity index (χ0n) is 17.7. The van der Waals surface area contributed by atoms with Crippen LogP contribution in [0.1, 0.15) is 30.5 Å². The second kappa shape index (κ2) is 9.20. The molecule has 0 bridgehead atoms. The van der Waals surface area contributed by atoms with Gasteiger partial charge in [0.05, 0.1) is 23.9 Å². The predicted octanol–water partition coefficient (Wildman–Crippen LogP) is 4.77. The topological polar surface area (TPSA) is 79.7 Å². The van der Waals surface area contributed by atoms with Gasteiger partial charge in [-0.1, -0.05) is 19.1 Å². The van der Waals surface area contributed by atoms with Crippen LogP contribution in [0.25, 0.3) is 5.76 Å². The Kier molecular flexibility index (Phi) is 6.17. The molecule has 0 aliphatic carbocycles. The van der Waals surface area contributed by atoms with E-state index in [1.165, 1.54) is 12.4 Å². The van der Waals surface area contributed by atoms with Crippen LogP contribution in [0.15, 0.2) is 72.6 Å². The number of anilines is 1. The number of nitrogens with zero attached hydrogens (tertiary/aromatic N) is 2. The van der Waals surface area contributed by atoms with Crippen LogP contribution in [0, 0.1) is 11.6 Å². The summed E-state index contributed by atoms with van der Waals surface area (Å²) in [5.41, 5.74) is 0.190. The van der Waals surface area contributed by atoms with Crippen LogP contribution in [0.4, 0.5) is 14.5 Å². The van der Waals surface area contributed by atoms with E-state index < -0.39 is 35.1 Å². The number of aliphatic hydroxyl groups is 1. The fraction of sp³-hybridized carbons (Fsp3) is 0.160. The first-order valence-corrected chi connectivity index (χ1v) is 10.3. The highest BCUT2D eigenvalue weighted by Gasteiger charge is 2.47. The molecule has 8 heteroatoms. The Hall–Kier alpha value is -4.07. The molecule has 2 aromatic carbocycles. The van der Waals surface area contributed by atoms with Crippen molar-refractivity contribution in [1.29, 1.82) is 0 Å². The summed E-state index contributed by atoms with van der Waals surface area (Å²) < 4.78 is 33.8. The Morgan fingerprint density at radius 3 is 2.55 bits per heavy atom. The van der Waals surface area contributed by atoms with Gasteiger partial charge in [0.1, 0.15) is 23.1 Å². The first-order valence-electron chi connectivity index (χ1n) is 10.3. The molecule has 168 valence electrons. The third-order valence-corrected chi connectivity index (χ3v) is 5.22. The van der Waals surface area contributed by atoms with Crippen molar-refractivity contribution in [2.24, 2.45) is 0 Å². The Morgan fingerprint density at radius 1 is 1.09 bits per heavy atom. The van der Waals surface area contributed by atoms with E-state index in [9.17, 15) is 23.5 Å². The molecule has 1 aliphatic rings. The molecule has 4 rings (SSSR count). The monoisotopic (exact) mass is 450 g/mol. The van der Waals surface area contributed by atoms with E-state index in [4.69, 9.17) is 4.74 Å². The van der Waals surface area contributed by atoms with Crippen molar-refractivity contribution < 1.29 is 28.2 Å². The van der Waals surface area contributed by atoms with Gasteiger partial charge in [-0.25, -0.2) is 8.78 Å². The molecule has 0 radical (unpaired) electrons. The lowest BCUT2D eigenvalue weighted by molar-refractivity contribution is -0.132. The quantitative estimate of drug-likeness (QED) is 0.332. The van der Waals surface area contributed by atoms with Crippen LogP contribution in [-0.2, 0) is 9.59 Å². The minimum absolute atomic E-state index is 0.220. The number of aliphatic hydroxyl groups excluding tert-OH is 1. The SMILES string of the molecule is CCCOc1cccc(/C(O)=C2\C(=O)C(=O)N(c3ccc(F)cc3F)C2c2ccncc2)c1. The van der Waals surface area contributed by atoms with Gasteiger partial charge in [-0.15, -0.1) is 0 Å². The van der Waals surface area contributed by atoms with Gasteiger partial charge in [0.15, 0.2) is 0 Å². The molecule has 33 heavy (non-hydrogen) atoms. The van der Waals surface area contributed by atoms with Gasteiger partial charge in [-0.2, -0.15) is 0 Å². The molecule has 1 aromatic heterocycles. The molecule has 6 nitrogen and oxygen atoms in total. The molecule has 1 aliphatic heterocycles. The lowest BCUT2D eigenvalue weighted by atomic mass is 9.95. The van der Waals surface area contributed by atoms with Crippen molar-refractivity contribution in [2.75, 3.05) is 11.5 Å². The van der Waals surface area contributed by atoms with E-state index in [1.54, 1.807) is 36.4 Å². The van der Waals surface area contributed by atoms with E-state index in [2.05, 4.69) is 4.98 Å². The normalized spacial score (nSPS) is 17.4. The number of amides is 1. The van der Waals surface area contributed by atoms with Gasteiger partial charge in [-0.3, -0.25) is 19.5 Å². The number of benzene rings is 2. The Bertz CT molecular complexity index is 1240. The highest BCUT2D eigenvalue weighted by Crippen LogP contribution is 2.43. The van der Waals surface area contributed by atoms with E-state index in [-0.39, 0.29) is 16.8 Å². The molecule has 2 heterocycles. The summed E-state index contributed by atoms with van der Waals surface area (Å²) in [6, 6.07) is 11.2. The van der Waals surface area contributed by atoms with Crippen LogP contribution in [-0.4, -0.2) is 28.4 Å². The van der Waals surface area contributed by atoms with Crippen molar-refractivity contribution >= 4 is 23.1 Å². The number of rotatable bonds is 6. The maximum Gasteiger partial charge on any atom is 0.300 e. The Morgan fingerprint density at radius 2 is 1.85 bits per heavy atom. The number of pyridine rings is 1. The summed E-state index contributed by atoms with van der Waals surface area (Å²) in [4.78, 5) is 31.0. The highest BCUT2D eigenvalue weighted by atomic mass is 19.1. The number of hydrogen-bond acceptors (Lipinski definition) is 5. The van der Waals surface area contributed by atoms with Crippen LogP contribution < -0.4 is 9.64 Å². The van der Waals surface area contributed by atoms with Gasteiger partial charge in [0, 0.05) is 24.0 Å². The largest absolute Gasteiger partial charge is 0.507 e. The van der Waals surface area contributed by atoms with E-state index in [1.807, 2.05) is 6.92 Å². The van der Waals surface area contributed by atoms with Crippen LogP contribution in [0.2, 0.25) is 0 Å². The summed E-state index contributed by atoms with van der Waals surface area (Å²) >= 11 is 0. The number of aromatic nitrogens is 1. The molecule has 1 fully saturated rings. The zero-order valence-corrected chi connectivity index (χ0v) is 17.7. The first-order chi connectivity index (χ1) is 15.9. The van der Waals surface area contributed by atoms with Crippen LogP contribution >= 0.6 is 0 Å². The fourth-order valence-electron chi connectivity index (χ4n) is 3.73.